The Morgan fingerprint density at radius 2 is 2.08 bits per heavy atom. The van der Waals surface area contributed by atoms with Gasteiger partial charge in [0.25, 0.3) is 0 Å². The normalized spacial score (nSPS) is 8.77. The third-order valence-corrected chi connectivity index (χ3v) is 1.48. The molecule has 0 aromatic heterocycles. The summed E-state index contributed by atoms with van der Waals surface area (Å²) in [4.78, 5) is 10.8. The van der Waals surface area contributed by atoms with Crippen LogP contribution in [0.5, 0.6) is 5.75 Å². The highest BCUT2D eigenvalue weighted by atomic mass is 35.5. The second kappa shape index (κ2) is 5.56. The van der Waals surface area contributed by atoms with E-state index in [-0.39, 0.29) is 19.0 Å². The third kappa shape index (κ3) is 3.44. The molecule has 3 nitrogen and oxygen atoms in total. The summed E-state index contributed by atoms with van der Waals surface area (Å²) < 4.78 is 4.93. The lowest BCUT2D eigenvalue weighted by atomic mass is 10.2. The van der Waals surface area contributed by atoms with E-state index in [1.54, 1.807) is 6.07 Å². The summed E-state index contributed by atoms with van der Waals surface area (Å²) in [6.45, 7) is 1.79. The van der Waals surface area contributed by atoms with Crippen molar-refractivity contribution >= 4 is 18.4 Å². The maximum atomic E-state index is 10.8. The molecule has 0 spiro atoms. The van der Waals surface area contributed by atoms with Gasteiger partial charge >= 0.3 is 5.97 Å². The lowest BCUT2D eigenvalue weighted by Gasteiger charge is -2.04. The number of rotatable bonds is 2. The highest BCUT2D eigenvalue weighted by Crippen LogP contribution is 2.15. The average molecular weight is 202 g/mol. The quantitative estimate of drug-likeness (QED) is 0.580. The first-order valence-corrected chi connectivity index (χ1v) is 3.70. The Labute approximate surface area is 83.3 Å². The third-order valence-electron chi connectivity index (χ3n) is 1.48. The Morgan fingerprint density at radius 3 is 2.62 bits per heavy atom. The minimum absolute atomic E-state index is 0. The molecule has 0 atom stereocenters. The van der Waals surface area contributed by atoms with Crippen molar-refractivity contribution in [3.63, 3.8) is 0 Å². The summed E-state index contributed by atoms with van der Waals surface area (Å²) in [5.41, 5.74) is 6.03. The van der Waals surface area contributed by atoms with E-state index in [2.05, 4.69) is 0 Å². The van der Waals surface area contributed by atoms with Crippen molar-refractivity contribution in [1.82, 2.24) is 0 Å². The molecule has 13 heavy (non-hydrogen) atoms. The first kappa shape index (κ1) is 11.9. The van der Waals surface area contributed by atoms with Crippen molar-refractivity contribution in [1.29, 1.82) is 0 Å². The van der Waals surface area contributed by atoms with Gasteiger partial charge in [-0.1, -0.05) is 18.2 Å². The topological polar surface area (TPSA) is 52.3 Å². The Morgan fingerprint density at radius 1 is 1.46 bits per heavy atom. The van der Waals surface area contributed by atoms with E-state index in [1.807, 2.05) is 25.1 Å². The molecular formula is C9H12ClNO2. The van der Waals surface area contributed by atoms with Crippen LogP contribution in [0.2, 0.25) is 0 Å². The molecule has 0 heterocycles. The van der Waals surface area contributed by atoms with Crippen LogP contribution >= 0.6 is 12.4 Å². The van der Waals surface area contributed by atoms with Crippen LogP contribution in [0.1, 0.15) is 5.56 Å². The van der Waals surface area contributed by atoms with E-state index >= 15 is 0 Å². The molecule has 1 aromatic rings. The number of nitrogens with two attached hydrogens (primary N) is 1. The van der Waals surface area contributed by atoms with Gasteiger partial charge in [0.15, 0.2) is 0 Å². The van der Waals surface area contributed by atoms with Gasteiger partial charge in [-0.3, -0.25) is 4.79 Å². The standard InChI is InChI=1S/C9H11NO2.ClH/c1-7-4-2-3-5-8(7)12-9(11)6-10;/h2-5H,6,10H2,1H3;1H. The second-order valence-electron chi connectivity index (χ2n) is 2.44. The zero-order valence-electron chi connectivity index (χ0n) is 7.32. The van der Waals surface area contributed by atoms with Gasteiger partial charge in [-0.05, 0) is 18.6 Å². The predicted molar refractivity (Wildman–Crippen MR) is 53.1 cm³/mol. The van der Waals surface area contributed by atoms with Crippen LogP contribution in [-0.4, -0.2) is 12.5 Å². The minimum Gasteiger partial charge on any atom is -0.425 e. The van der Waals surface area contributed by atoms with Gasteiger partial charge in [-0.2, -0.15) is 0 Å². The fourth-order valence-electron chi connectivity index (χ4n) is 0.835. The molecule has 0 unspecified atom stereocenters. The smallest absolute Gasteiger partial charge is 0.325 e. The molecular weight excluding hydrogens is 190 g/mol. The summed E-state index contributed by atoms with van der Waals surface area (Å²) >= 11 is 0. The summed E-state index contributed by atoms with van der Waals surface area (Å²) in [6.07, 6.45) is 0. The van der Waals surface area contributed by atoms with Gasteiger partial charge in [0.05, 0.1) is 6.54 Å². The number of hydrogen-bond acceptors (Lipinski definition) is 3. The van der Waals surface area contributed by atoms with E-state index in [4.69, 9.17) is 10.5 Å². The molecule has 0 aliphatic carbocycles. The average Bonchev–Trinajstić information content (AvgIpc) is 2.09. The summed E-state index contributed by atoms with van der Waals surface area (Å²) in [6, 6.07) is 7.31. The van der Waals surface area contributed by atoms with Crippen LogP contribution in [0.3, 0.4) is 0 Å². The van der Waals surface area contributed by atoms with Gasteiger partial charge in [-0.15, -0.1) is 12.4 Å². The van der Waals surface area contributed by atoms with E-state index < -0.39 is 5.97 Å². The van der Waals surface area contributed by atoms with E-state index in [0.29, 0.717) is 5.75 Å². The van der Waals surface area contributed by atoms with Crippen molar-refractivity contribution < 1.29 is 9.53 Å². The largest absolute Gasteiger partial charge is 0.425 e. The van der Waals surface area contributed by atoms with Gasteiger partial charge in [-0.25, -0.2) is 0 Å². The molecule has 0 aliphatic heterocycles. The highest BCUT2D eigenvalue weighted by molar-refractivity contribution is 5.85. The maximum absolute atomic E-state index is 10.8. The lowest BCUT2D eigenvalue weighted by molar-refractivity contribution is -0.132. The number of carbonyl (C=O) groups excluding carboxylic acids is 1. The van der Waals surface area contributed by atoms with Crippen LogP contribution in [0.15, 0.2) is 24.3 Å². The first-order valence-electron chi connectivity index (χ1n) is 3.70. The molecule has 2 N–H and O–H groups in total. The molecule has 4 heteroatoms. The highest BCUT2D eigenvalue weighted by Gasteiger charge is 2.02. The van der Waals surface area contributed by atoms with E-state index in [0.717, 1.165) is 5.56 Å². The van der Waals surface area contributed by atoms with E-state index in [9.17, 15) is 4.79 Å². The van der Waals surface area contributed by atoms with Crippen LogP contribution < -0.4 is 10.5 Å². The monoisotopic (exact) mass is 201 g/mol. The lowest BCUT2D eigenvalue weighted by Crippen LogP contribution is -2.19. The summed E-state index contributed by atoms with van der Waals surface area (Å²) in [5, 5.41) is 0. The number of halogens is 1. The van der Waals surface area contributed by atoms with Crippen molar-refractivity contribution in [2.45, 2.75) is 6.92 Å². The zero-order chi connectivity index (χ0) is 8.97. The van der Waals surface area contributed by atoms with Crippen molar-refractivity contribution in [3.8, 4) is 5.75 Å². The summed E-state index contributed by atoms with van der Waals surface area (Å²) in [7, 11) is 0. The molecule has 0 aliphatic rings. The molecule has 1 aromatic carbocycles. The van der Waals surface area contributed by atoms with Crippen LogP contribution in [0.4, 0.5) is 0 Å². The van der Waals surface area contributed by atoms with Gasteiger partial charge in [0, 0.05) is 0 Å². The Bertz CT molecular complexity index is 289. The second-order valence-corrected chi connectivity index (χ2v) is 2.44. The minimum atomic E-state index is -0.413. The SMILES string of the molecule is Cc1ccccc1OC(=O)CN.Cl. The number of hydrogen-bond donors (Lipinski definition) is 1. The molecule has 0 bridgehead atoms. The number of carbonyl (C=O) groups is 1. The molecule has 1 rings (SSSR count). The summed E-state index contributed by atoms with van der Waals surface area (Å²) in [5.74, 6) is 0.164. The van der Waals surface area contributed by atoms with E-state index in [1.165, 1.54) is 0 Å². The van der Waals surface area contributed by atoms with Gasteiger partial charge < -0.3 is 10.5 Å². The van der Waals surface area contributed by atoms with Crippen LogP contribution in [0.25, 0.3) is 0 Å². The van der Waals surface area contributed by atoms with Crippen molar-refractivity contribution in [2.75, 3.05) is 6.54 Å². The van der Waals surface area contributed by atoms with Crippen molar-refractivity contribution in [2.24, 2.45) is 5.73 Å². The molecule has 0 radical (unpaired) electrons. The number of esters is 1. The van der Waals surface area contributed by atoms with Crippen LogP contribution in [-0.2, 0) is 4.79 Å². The predicted octanol–water partition coefficient (Wildman–Crippen LogP) is 1.28. The number of para-hydroxylation sites is 1. The van der Waals surface area contributed by atoms with Gasteiger partial charge in [0.1, 0.15) is 5.75 Å². The first-order chi connectivity index (χ1) is 5.74. The molecule has 72 valence electrons. The van der Waals surface area contributed by atoms with Gasteiger partial charge in [0.2, 0.25) is 0 Å². The Balaban J connectivity index is 0.00000144. The fourth-order valence-corrected chi connectivity index (χ4v) is 0.835. The number of benzene rings is 1. The van der Waals surface area contributed by atoms with Crippen LogP contribution in [0, 0.1) is 6.92 Å². The zero-order valence-corrected chi connectivity index (χ0v) is 8.14. The fraction of sp³-hybridized carbons (Fsp3) is 0.222. The molecule has 0 saturated carbocycles. The van der Waals surface area contributed by atoms with Crippen molar-refractivity contribution in [3.05, 3.63) is 29.8 Å². The Hall–Kier alpha value is -1.06. The molecule has 0 amide bonds. The maximum Gasteiger partial charge on any atom is 0.325 e. The molecule has 0 saturated heterocycles. The number of ether oxygens (including phenoxy) is 1. The number of aryl methyl sites for hydroxylation is 1. The Kier molecular flexibility index (Phi) is 5.11. The molecule has 0 fully saturated rings.